The van der Waals surface area contributed by atoms with E-state index in [9.17, 15) is 0 Å². The fourth-order valence-electron chi connectivity index (χ4n) is 10.2. The predicted molar refractivity (Wildman–Crippen MR) is 290 cm³/mol. The first-order valence-corrected chi connectivity index (χ1v) is 23.6. The van der Waals surface area contributed by atoms with E-state index < -0.39 is 0 Å². The minimum Gasteiger partial charge on any atom is -0.454 e. The smallest absolute Gasteiger partial charge is 0.159 e. The molecule has 0 bridgehead atoms. The molecule has 0 fully saturated rings. The number of nitrogens with zero attached hydrogens (tertiary/aromatic N) is 2. The van der Waals surface area contributed by atoms with Crippen LogP contribution in [0, 0.1) is 0 Å². The van der Waals surface area contributed by atoms with Gasteiger partial charge in [-0.25, -0.2) is 0 Å². The zero-order chi connectivity index (χ0) is 45.7. The fraction of sp³-hybridized carbons (Fsp3) is 0. The number of hydrogen-bond acceptors (Lipinski definition) is 2. The predicted octanol–water partition coefficient (Wildman–Crippen LogP) is 18.5. The first-order valence-electron chi connectivity index (χ1n) is 23.6. The molecule has 69 heavy (non-hydrogen) atoms. The molecule has 13 rings (SSSR count). The number of rotatable bonds is 9. The molecule has 0 saturated heterocycles. The van der Waals surface area contributed by atoms with E-state index >= 15 is 0 Å². The molecule has 0 saturated carbocycles. The van der Waals surface area contributed by atoms with Crippen LogP contribution in [0.2, 0.25) is 0 Å². The molecular formula is C66H44N2O. The van der Waals surface area contributed by atoms with E-state index in [1.54, 1.807) is 0 Å². The van der Waals surface area contributed by atoms with Crippen molar-refractivity contribution in [2.75, 3.05) is 4.90 Å². The Labute approximate surface area is 401 Å². The normalized spacial score (nSPS) is 11.5. The third kappa shape index (κ3) is 7.25. The van der Waals surface area contributed by atoms with E-state index in [2.05, 4.69) is 270 Å². The lowest BCUT2D eigenvalue weighted by Gasteiger charge is -2.26. The van der Waals surface area contributed by atoms with Crippen molar-refractivity contribution in [3.63, 3.8) is 0 Å². The molecule has 0 N–H and O–H groups in total. The summed E-state index contributed by atoms with van der Waals surface area (Å²) in [6.45, 7) is 0. The lowest BCUT2D eigenvalue weighted by atomic mass is 9.92. The zero-order valence-corrected chi connectivity index (χ0v) is 37.7. The number of para-hydroxylation sites is 3. The summed E-state index contributed by atoms with van der Waals surface area (Å²) in [7, 11) is 0. The van der Waals surface area contributed by atoms with Crippen molar-refractivity contribution in [3.8, 4) is 61.3 Å². The van der Waals surface area contributed by atoms with Crippen LogP contribution < -0.4 is 4.90 Å². The van der Waals surface area contributed by atoms with Gasteiger partial charge in [-0.05, 0) is 141 Å². The van der Waals surface area contributed by atoms with E-state index in [0.29, 0.717) is 0 Å². The van der Waals surface area contributed by atoms with Gasteiger partial charge in [0.15, 0.2) is 5.58 Å². The van der Waals surface area contributed by atoms with Crippen molar-refractivity contribution in [1.29, 1.82) is 0 Å². The maximum Gasteiger partial charge on any atom is 0.159 e. The fourth-order valence-corrected chi connectivity index (χ4v) is 10.2. The largest absolute Gasteiger partial charge is 0.454 e. The summed E-state index contributed by atoms with van der Waals surface area (Å²) in [5.74, 6) is 0. The maximum atomic E-state index is 6.60. The first-order chi connectivity index (χ1) is 34.2. The van der Waals surface area contributed by atoms with Gasteiger partial charge in [-0.2, -0.15) is 0 Å². The Hall–Kier alpha value is -9.18. The zero-order valence-electron chi connectivity index (χ0n) is 37.7. The van der Waals surface area contributed by atoms with Crippen LogP contribution in [-0.2, 0) is 0 Å². The molecule has 0 aliphatic rings. The average molecular weight is 881 g/mol. The molecule has 0 atom stereocenters. The Bertz CT molecular complexity index is 3900. The summed E-state index contributed by atoms with van der Waals surface area (Å²) in [4.78, 5) is 2.37. The molecule has 13 aromatic rings. The third-order valence-electron chi connectivity index (χ3n) is 13.6. The van der Waals surface area contributed by atoms with Crippen molar-refractivity contribution >= 4 is 60.8 Å². The molecule has 0 aliphatic heterocycles. The Morgan fingerprint density at radius 2 is 0.710 bits per heavy atom. The molecule has 0 unspecified atom stereocenters. The number of hydrogen-bond donors (Lipinski definition) is 0. The number of aromatic nitrogens is 1. The minimum absolute atomic E-state index is 0.889. The van der Waals surface area contributed by atoms with Gasteiger partial charge in [0.1, 0.15) is 5.58 Å². The molecule has 0 amide bonds. The Balaban J connectivity index is 0.943. The summed E-state index contributed by atoms with van der Waals surface area (Å²) < 4.78 is 8.97. The van der Waals surface area contributed by atoms with Gasteiger partial charge in [0, 0.05) is 38.6 Å². The van der Waals surface area contributed by atoms with Crippen LogP contribution in [0.15, 0.2) is 271 Å². The highest BCUT2D eigenvalue weighted by molar-refractivity contribution is 6.13. The average Bonchev–Trinajstić information content (AvgIpc) is 3.98. The topological polar surface area (TPSA) is 21.3 Å². The number of fused-ring (bicyclic) bond motifs is 6. The molecule has 0 radical (unpaired) electrons. The molecule has 3 heteroatoms. The van der Waals surface area contributed by atoms with Gasteiger partial charge in [0.25, 0.3) is 0 Å². The summed E-state index contributed by atoms with van der Waals surface area (Å²) in [5, 5.41) is 4.63. The van der Waals surface area contributed by atoms with Gasteiger partial charge in [0.2, 0.25) is 0 Å². The number of furan rings is 1. The van der Waals surface area contributed by atoms with Crippen LogP contribution in [0.4, 0.5) is 17.1 Å². The molecule has 11 aromatic carbocycles. The van der Waals surface area contributed by atoms with Gasteiger partial charge in [-0.3, -0.25) is 0 Å². The van der Waals surface area contributed by atoms with Crippen LogP contribution in [0.25, 0.3) is 105 Å². The van der Waals surface area contributed by atoms with E-state index in [1.165, 1.54) is 38.6 Å². The van der Waals surface area contributed by atoms with Crippen molar-refractivity contribution in [2.24, 2.45) is 0 Å². The first kappa shape index (κ1) is 40.1. The highest BCUT2D eigenvalue weighted by Gasteiger charge is 2.20. The molecule has 324 valence electrons. The number of anilines is 3. The molecule has 0 spiro atoms. The van der Waals surface area contributed by atoms with E-state index in [4.69, 9.17) is 4.42 Å². The third-order valence-corrected chi connectivity index (χ3v) is 13.6. The Kier molecular flexibility index (Phi) is 9.84. The summed E-state index contributed by atoms with van der Waals surface area (Å²) in [6.07, 6.45) is 0. The highest BCUT2D eigenvalue weighted by Crippen LogP contribution is 2.43. The Morgan fingerprint density at radius 1 is 0.261 bits per heavy atom. The van der Waals surface area contributed by atoms with Crippen LogP contribution in [0.3, 0.4) is 0 Å². The highest BCUT2D eigenvalue weighted by atomic mass is 16.3. The molecule has 3 nitrogen and oxygen atoms in total. The van der Waals surface area contributed by atoms with Gasteiger partial charge < -0.3 is 13.9 Å². The molecular weight excluding hydrogens is 837 g/mol. The van der Waals surface area contributed by atoms with Crippen molar-refractivity contribution in [1.82, 2.24) is 4.57 Å². The Morgan fingerprint density at radius 3 is 1.35 bits per heavy atom. The van der Waals surface area contributed by atoms with Gasteiger partial charge >= 0.3 is 0 Å². The summed E-state index contributed by atoms with van der Waals surface area (Å²) >= 11 is 0. The van der Waals surface area contributed by atoms with Crippen molar-refractivity contribution in [3.05, 3.63) is 267 Å². The lowest BCUT2D eigenvalue weighted by Crippen LogP contribution is -2.10. The van der Waals surface area contributed by atoms with Crippen molar-refractivity contribution in [2.45, 2.75) is 0 Å². The minimum atomic E-state index is 0.889. The van der Waals surface area contributed by atoms with E-state index in [1.807, 2.05) is 6.07 Å². The van der Waals surface area contributed by atoms with Crippen molar-refractivity contribution < 1.29 is 4.42 Å². The SMILES string of the molecule is c1ccc(-c2ccc(N(c3ccc(-c4ccccc4)cc3)c3cccc(-c4cc(-c5ccccc5)cc(-c5ccc6c(c5)c5ccccc5n6-c5cccc6c5oc5ccccc56)c4)c3)cc2)cc1. The van der Waals surface area contributed by atoms with Crippen LogP contribution in [-0.4, -0.2) is 4.57 Å². The van der Waals surface area contributed by atoms with Gasteiger partial charge in [0.05, 0.1) is 16.7 Å². The second-order valence-corrected chi connectivity index (χ2v) is 17.7. The molecule has 2 heterocycles. The van der Waals surface area contributed by atoms with E-state index in [-0.39, 0.29) is 0 Å². The second kappa shape index (κ2) is 16.9. The van der Waals surface area contributed by atoms with Crippen LogP contribution in [0.5, 0.6) is 0 Å². The molecule has 2 aromatic heterocycles. The van der Waals surface area contributed by atoms with Gasteiger partial charge in [-0.1, -0.05) is 182 Å². The van der Waals surface area contributed by atoms with Gasteiger partial charge in [-0.15, -0.1) is 0 Å². The summed E-state index contributed by atoms with van der Waals surface area (Å²) in [6, 6.07) is 96.2. The monoisotopic (exact) mass is 880 g/mol. The quantitative estimate of drug-likeness (QED) is 0.144. The van der Waals surface area contributed by atoms with Crippen LogP contribution in [0.1, 0.15) is 0 Å². The maximum absolute atomic E-state index is 6.60. The second-order valence-electron chi connectivity index (χ2n) is 17.7. The number of benzene rings is 11. The lowest BCUT2D eigenvalue weighted by molar-refractivity contribution is 0.666. The van der Waals surface area contributed by atoms with Crippen LogP contribution >= 0.6 is 0 Å². The molecule has 0 aliphatic carbocycles. The van der Waals surface area contributed by atoms with E-state index in [0.717, 1.165) is 83.5 Å². The standard InChI is InChI=1S/C66H44N2O/c1-4-16-45(17-5-1)48-30-35-55(36-31-48)67(56-37-32-49(33-38-56)46-18-6-2-7-19-46)57-23-14-22-50(43-57)53-40-52(47-20-8-3-9-21-47)41-54(42-53)51-34-39-63-61(44-51)58-24-10-12-27-62(58)68(63)64-28-15-26-60-59-25-11-13-29-65(59)69-66(60)64/h1-44H. The summed E-state index contributed by atoms with van der Waals surface area (Å²) in [5.41, 5.74) is 20.0.